The first-order valence-electron chi connectivity index (χ1n) is 5.73. The summed E-state index contributed by atoms with van der Waals surface area (Å²) in [5.41, 5.74) is 0. The zero-order valence-electron chi connectivity index (χ0n) is 11.2. The molecule has 7 nitrogen and oxygen atoms in total. The fourth-order valence-electron chi connectivity index (χ4n) is 2.68. The Morgan fingerprint density at radius 3 is 1.47 bits per heavy atom. The van der Waals surface area contributed by atoms with E-state index in [1.54, 1.807) is 0 Å². The second-order valence-electron chi connectivity index (χ2n) is 4.21. The highest BCUT2D eigenvalue weighted by Crippen LogP contribution is 2.48. The summed E-state index contributed by atoms with van der Waals surface area (Å²) in [5, 5.41) is 0. The average molecular weight is 272 g/mol. The van der Waals surface area contributed by atoms with E-state index in [0.29, 0.717) is 11.5 Å². The van der Waals surface area contributed by atoms with Crippen molar-refractivity contribution in [2.24, 2.45) is 11.8 Å². The Labute approximate surface area is 110 Å². The van der Waals surface area contributed by atoms with Crippen LogP contribution >= 0.6 is 0 Å². The van der Waals surface area contributed by atoms with Gasteiger partial charge in [-0.15, -0.1) is 0 Å². The molecule has 2 unspecified atom stereocenters. The molecule has 2 heterocycles. The van der Waals surface area contributed by atoms with Gasteiger partial charge < -0.3 is 23.7 Å². The maximum absolute atomic E-state index is 11.9. The zero-order chi connectivity index (χ0) is 14.2. The highest BCUT2D eigenvalue weighted by atomic mass is 16.6. The molecule has 0 radical (unpaired) electrons. The Hall–Kier alpha value is -1.76. The van der Waals surface area contributed by atoms with E-state index in [2.05, 4.69) is 0 Å². The van der Waals surface area contributed by atoms with Crippen LogP contribution < -0.4 is 0 Å². The normalized spacial score (nSPS) is 32.2. The van der Waals surface area contributed by atoms with E-state index in [9.17, 15) is 9.59 Å². The number of rotatable bonds is 4. The minimum Gasteiger partial charge on any atom is -0.495 e. The lowest BCUT2D eigenvalue weighted by molar-refractivity contribution is -0.157. The van der Waals surface area contributed by atoms with Gasteiger partial charge in [0.05, 0.1) is 28.4 Å². The van der Waals surface area contributed by atoms with Gasteiger partial charge in [0.25, 0.3) is 0 Å². The number of hydrogen-bond acceptors (Lipinski definition) is 7. The van der Waals surface area contributed by atoms with Gasteiger partial charge in [0.15, 0.2) is 11.5 Å². The Morgan fingerprint density at radius 1 is 0.842 bits per heavy atom. The summed E-state index contributed by atoms with van der Waals surface area (Å²) in [4.78, 5) is 23.7. The predicted octanol–water partition coefficient (Wildman–Crippen LogP) is -0.150. The molecular formula is C12H16O7. The first-order chi connectivity index (χ1) is 9.10. The van der Waals surface area contributed by atoms with Crippen molar-refractivity contribution in [3.05, 3.63) is 11.5 Å². The van der Waals surface area contributed by atoms with Gasteiger partial charge in [0.1, 0.15) is 24.0 Å². The van der Waals surface area contributed by atoms with E-state index in [4.69, 9.17) is 23.7 Å². The van der Waals surface area contributed by atoms with E-state index >= 15 is 0 Å². The molecule has 2 rings (SSSR count). The lowest BCUT2D eigenvalue weighted by atomic mass is 9.81. The third kappa shape index (κ3) is 1.85. The number of ether oxygens (including phenoxy) is 5. The second-order valence-corrected chi connectivity index (χ2v) is 4.21. The number of esters is 2. The van der Waals surface area contributed by atoms with Crippen molar-refractivity contribution in [2.75, 3.05) is 28.4 Å². The Balaban J connectivity index is 2.41. The molecule has 0 saturated carbocycles. The van der Waals surface area contributed by atoms with E-state index in [1.807, 2.05) is 0 Å². The Kier molecular flexibility index (Phi) is 3.66. The highest BCUT2D eigenvalue weighted by molar-refractivity contribution is 5.85. The van der Waals surface area contributed by atoms with E-state index < -0.39 is 36.0 Å². The summed E-state index contributed by atoms with van der Waals surface area (Å²) in [5.74, 6) is -1.79. The van der Waals surface area contributed by atoms with Crippen molar-refractivity contribution in [2.45, 2.75) is 12.2 Å². The Bertz CT molecular complexity index is 390. The molecule has 19 heavy (non-hydrogen) atoms. The van der Waals surface area contributed by atoms with Crippen molar-refractivity contribution in [3.8, 4) is 0 Å². The molecule has 4 atom stereocenters. The molecule has 0 aliphatic carbocycles. The van der Waals surface area contributed by atoms with Crippen LogP contribution in [0.3, 0.4) is 0 Å². The molecule has 106 valence electrons. The molecular weight excluding hydrogens is 256 g/mol. The number of methoxy groups -OCH3 is 4. The Morgan fingerprint density at radius 2 is 1.21 bits per heavy atom. The van der Waals surface area contributed by atoms with Crippen LogP contribution in [0.25, 0.3) is 0 Å². The molecule has 7 heteroatoms. The third-order valence-corrected chi connectivity index (χ3v) is 3.48. The molecule has 0 aromatic heterocycles. The van der Waals surface area contributed by atoms with Gasteiger partial charge in [-0.3, -0.25) is 9.59 Å². The van der Waals surface area contributed by atoms with Gasteiger partial charge in [0.2, 0.25) is 0 Å². The van der Waals surface area contributed by atoms with Gasteiger partial charge in [-0.25, -0.2) is 0 Å². The molecule has 2 bridgehead atoms. The molecule has 0 amide bonds. The van der Waals surface area contributed by atoms with Crippen molar-refractivity contribution in [1.29, 1.82) is 0 Å². The molecule has 1 saturated heterocycles. The largest absolute Gasteiger partial charge is 0.495 e. The lowest BCUT2D eigenvalue weighted by Crippen LogP contribution is -2.41. The summed E-state index contributed by atoms with van der Waals surface area (Å²) >= 11 is 0. The number of fused-ring (bicyclic) bond motifs is 2. The van der Waals surface area contributed by atoms with Crippen LogP contribution in [-0.4, -0.2) is 52.6 Å². The van der Waals surface area contributed by atoms with Crippen LogP contribution in [0.15, 0.2) is 11.5 Å². The fourth-order valence-corrected chi connectivity index (χ4v) is 2.68. The first-order valence-corrected chi connectivity index (χ1v) is 5.73. The van der Waals surface area contributed by atoms with Gasteiger partial charge >= 0.3 is 11.9 Å². The maximum Gasteiger partial charge on any atom is 0.312 e. The average Bonchev–Trinajstić information content (AvgIpc) is 2.99. The first kappa shape index (κ1) is 13.7. The molecule has 0 aromatic carbocycles. The van der Waals surface area contributed by atoms with E-state index in [1.165, 1.54) is 28.4 Å². The zero-order valence-corrected chi connectivity index (χ0v) is 11.2. The molecule has 2 aliphatic rings. The molecule has 1 fully saturated rings. The summed E-state index contributed by atoms with van der Waals surface area (Å²) in [7, 11) is 5.44. The number of hydrogen-bond donors (Lipinski definition) is 0. The molecule has 0 spiro atoms. The van der Waals surface area contributed by atoms with Crippen molar-refractivity contribution >= 4 is 11.9 Å². The quantitative estimate of drug-likeness (QED) is 0.658. The standard InChI is InChI=1S/C12H16O7/c1-15-9-7-5(11(13)17-3)6(12(14)18-4)8(19-7)10(9)16-2/h5-8H,1-4H3/t5?,6?,7-,8+. The van der Waals surface area contributed by atoms with Crippen molar-refractivity contribution in [3.63, 3.8) is 0 Å². The van der Waals surface area contributed by atoms with Crippen LogP contribution in [0.5, 0.6) is 0 Å². The maximum atomic E-state index is 11.9. The molecule has 0 N–H and O–H groups in total. The van der Waals surface area contributed by atoms with Crippen LogP contribution in [0.1, 0.15) is 0 Å². The number of carbonyl (C=O) groups excluding carboxylic acids is 2. The van der Waals surface area contributed by atoms with E-state index in [-0.39, 0.29) is 0 Å². The van der Waals surface area contributed by atoms with Crippen LogP contribution in [0.2, 0.25) is 0 Å². The molecule has 0 aromatic rings. The molecule has 2 aliphatic heterocycles. The highest BCUT2D eigenvalue weighted by Gasteiger charge is 2.62. The van der Waals surface area contributed by atoms with Crippen LogP contribution in [0, 0.1) is 11.8 Å². The predicted molar refractivity (Wildman–Crippen MR) is 60.7 cm³/mol. The number of carbonyl (C=O) groups is 2. The topological polar surface area (TPSA) is 80.3 Å². The van der Waals surface area contributed by atoms with Crippen molar-refractivity contribution < 1.29 is 33.3 Å². The van der Waals surface area contributed by atoms with Gasteiger partial charge in [-0.2, -0.15) is 0 Å². The van der Waals surface area contributed by atoms with Gasteiger partial charge in [-0.1, -0.05) is 0 Å². The minimum absolute atomic E-state index is 0.419. The summed E-state index contributed by atoms with van der Waals surface area (Å²) in [6.07, 6.45) is -1.36. The second kappa shape index (κ2) is 5.08. The third-order valence-electron chi connectivity index (χ3n) is 3.48. The summed E-state index contributed by atoms with van der Waals surface area (Å²) in [6, 6.07) is 0. The summed E-state index contributed by atoms with van der Waals surface area (Å²) < 4.78 is 25.5. The fraction of sp³-hybridized carbons (Fsp3) is 0.667. The van der Waals surface area contributed by atoms with Crippen molar-refractivity contribution in [1.82, 2.24) is 0 Å². The monoisotopic (exact) mass is 272 g/mol. The van der Waals surface area contributed by atoms with Gasteiger partial charge in [-0.05, 0) is 0 Å². The SMILES string of the molecule is COC(=O)C1C(C(=O)OC)[C@H]2O[C@@H]1C(OC)=C2OC. The summed E-state index contributed by atoms with van der Waals surface area (Å²) in [6.45, 7) is 0. The van der Waals surface area contributed by atoms with E-state index in [0.717, 1.165) is 0 Å². The van der Waals surface area contributed by atoms with Crippen LogP contribution in [-0.2, 0) is 33.3 Å². The van der Waals surface area contributed by atoms with Gasteiger partial charge in [0, 0.05) is 0 Å². The smallest absolute Gasteiger partial charge is 0.312 e. The lowest BCUT2D eigenvalue weighted by Gasteiger charge is -2.26. The van der Waals surface area contributed by atoms with Crippen LogP contribution in [0.4, 0.5) is 0 Å². The minimum atomic E-state index is -0.781.